The lowest BCUT2D eigenvalue weighted by Crippen LogP contribution is -2.23. The SMILES string of the molecule is Cc1csc(/C(C#N)=C/Nc2ccc(C)c(S(=O)(=O)N(C)C)c2)n1. The predicted molar refractivity (Wildman–Crippen MR) is 96.1 cm³/mol. The zero-order chi connectivity index (χ0) is 17.9. The van der Waals surface area contributed by atoms with Crippen molar-refractivity contribution >= 4 is 32.6 Å². The summed E-state index contributed by atoms with van der Waals surface area (Å²) < 4.78 is 25.9. The van der Waals surface area contributed by atoms with Gasteiger partial charge in [-0.3, -0.25) is 0 Å². The Bertz CT molecular complexity index is 922. The second-order valence-electron chi connectivity index (χ2n) is 5.38. The van der Waals surface area contributed by atoms with Crippen LogP contribution in [0.15, 0.2) is 34.7 Å². The number of hydrogen-bond acceptors (Lipinski definition) is 6. The molecule has 0 aliphatic heterocycles. The molecule has 0 saturated carbocycles. The van der Waals surface area contributed by atoms with Gasteiger partial charge in [0.15, 0.2) is 0 Å². The number of thiazole rings is 1. The van der Waals surface area contributed by atoms with E-state index in [1.54, 1.807) is 25.1 Å². The molecular weight excluding hydrogens is 344 g/mol. The summed E-state index contributed by atoms with van der Waals surface area (Å²) in [5, 5.41) is 14.7. The number of anilines is 1. The van der Waals surface area contributed by atoms with E-state index < -0.39 is 10.0 Å². The molecule has 6 nitrogen and oxygen atoms in total. The molecule has 0 amide bonds. The number of nitrogens with zero attached hydrogens (tertiary/aromatic N) is 3. The van der Waals surface area contributed by atoms with Crippen molar-refractivity contribution in [3.8, 4) is 6.07 Å². The fourth-order valence-electron chi connectivity index (χ4n) is 1.94. The van der Waals surface area contributed by atoms with Crippen molar-refractivity contribution in [3.05, 3.63) is 46.0 Å². The van der Waals surface area contributed by atoms with Gasteiger partial charge in [-0.25, -0.2) is 17.7 Å². The van der Waals surface area contributed by atoms with E-state index in [4.69, 9.17) is 0 Å². The van der Waals surface area contributed by atoms with Gasteiger partial charge in [0.05, 0.1) is 4.90 Å². The molecule has 2 rings (SSSR count). The molecule has 1 aromatic heterocycles. The summed E-state index contributed by atoms with van der Waals surface area (Å²) in [6.45, 7) is 3.61. The summed E-state index contributed by atoms with van der Waals surface area (Å²) in [6, 6.07) is 7.15. The average Bonchev–Trinajstić information content (AvgIpc) is 2.95. The van der Waals surface area contributed by atoms with Crippen molar-refractivity contribution in [2.75, 3.05) is 19.4 Å². The van der Waals surface area contributed by atoms with Gasteiger partial charge in [-0.05, 0) is 31.5 Å². The van der Waals surface area contributed by atoms with Crippen LogP contribution in [0.1, 0.15) is 16.3 Å². The van der Waals surface area contributed by atoms with Crippen LogP contribution >= 0.6 is 11.3 Å². The van der Waals surface area contributed by atoms with E-state index in [0.29, 0.717) is 21.8 Å². The van der Waals surface area contributed by atoms with Crippen molar-refractivity contribution in [1.29, 1.82) is 5.26 Å². The summed E-state index contributed by atoms with van der Waals surface area (Å²) in [5.74, 6) is 0. The smallest absolute Gasteiger partial charge is 0.242 e. The summed E-state index contributed by atoms with van der Waals surface area (Å²) in [7, 11) is -0.539. The molecule has 1 heterocycles. The molecule has 1 aromatic carbocycles. The monoisotopic (exact) mass is 362 g/mol. The van der Waals surface area contributed by atoms with Crippen LogP contribution in [-0.4, -0.2) is 31.8 Å². The van der Waals surface area contributed by atoms with Gasteiger partial charge in [0.2, 0.25) is 10.0 Å². The Morgan fingerprint density at radius 3 is 2.62 bits per heavy atom. The highest BCUT2D eigenvalue weighted by Gasteiger charge is 2.20. The molecule has 0 bridgehead atoms. The van der Waals surface area contributed by atoms with Gasteiger partial charge in [-0.1, -0.05) is 6.07 Å². The third kappa shape index (κ3) is 3.82. The zero-order valence-electron chi connectivity index (χ0n) is 13.9. The van der Waals surface area contributed by atoms with E-state index in [1.165, 1.54) is 35.9 Å². The largest absolute Gasteiger partial charge is 0.360 e. The fourth-order valence-corrected chi connectivity index (χ4v) is 3.85. The van der Waals surface area contributed by atoms with Crippen molar-refractivity contribution in [2.45, 2.75) is 18.7 Å². The van der Waals surface area contributed by atoms with E-state index in [-0.39, 0.29) is 4.90 Å². The second-order valence-corrected chi connectivity index (χ2v) is 8.35. The first-order chi connectivity index (χ1) is 11.3. The Morgan fingerprint density at radius 1 is 1.38 bits per heavy atom. The Morgan fingerprint density at radius 2 is 2.08 bits per heavy atom. The first-order valence-corrected chi connectivity index (χ1v) is 9.40. The van der Waals surface area contributed by atoms with Gasteiger partial charge in [0, 0.05) is 37.1 Å². The normalized spacial score (nSPS) is 12.2. The topological polar surface area (TPSA) is 86.1 Å². The van der Waals surface area contributed by atoms with Gasteiger partial charge in [0.25, 0.3) is 0 Å². The summed E-state index contributed by atoms with van der Waals surface area (Å²) in [5.41, 5.74) is 2.49. The third-order valence-corrected chi connectivity index (χ3v) is 6.25. The maximum Gasteiger partial charge on any atom is 0.242 e. The Kier molecular flexibility index (Phi) is 5.39. The van der Waals surface area contributed by atoms with Crippen LogP contribution in [0.5, 0.6) is 0 Å². The Balaban J connectivity index is 2.34. The summed E-state index contributed by atoms with van der Waals surface area (Å²) in [6.07, 6.45) is 1.54. The quantitative estimate of drug-likeness (QED) is 0.826. The number of nitriles is 1. The molecule has 0 aliphatic rings. The molecule has 0 saturated heterocycles. The lowest BCUT2D eigenvalue weighted by Gasteiger charge is -2.14. The van der Waals surface area contributed by atoms with Crippen LogP contribution in [0.2, 0.25) is 0 Å². The molecule has 0 unspecified atom stereocenters. The number of allylic oxidation sites excluding steroid dienone is 1. The highest BCUT2D eigenvalue weighted by atomic mass is 32.2. The first kappa shape index (κ1) is 18.1. The highest BCUT2D eigenvalue weighted by Crippen LogP contribution is 2.24. The molecular formula is C16H18N4O2S2. The molecule has 0 fully saturated rings. The van der Waals surface area contributed by atoms with E-state index in [2.05, 4.69) is 16.4 Å². The van der Waals surface area contributed by atoms with Gasteiger partial charge >= 0.3 is 0 Å². The number of hydrogen-bond donors (Lipinski definition) is 1. The third-order valence-electron chi connectivity index (χ3n) is 3.30. The molecule has 2 aromatic rings. The van der Waals surface area contributed by atoms with Gasteiger partial charge in [-0.15, -0.1) is 11.3 Å². The summed E-state index contributed by atoms with van der Waals surface area (Å²) >= 11 is 1.39. The van der Waals surface area contributed by atoms with Crippen molar-refractivity contribution in [2.24, 2.45) is 0 Å². The second kappa shape index (κ2) is 7.13. The molecule has 1 N–H and O–H groups in total. The molecule has 0 radical (unpaired) electrons. The Hall–Kier alpha value is -2.21. The minimum atomic E-state index is -3.53. The molecule has 8 heteroatoms. The van der Waals surface area contributed by atoms with E-state index >= 15 is 0 Å². The van der Waals surface area contributed by atoms with Gasteiger partial charge < -0.3 is 5.32 Å². The number of rotatable bonds is 5. The number of aryl methyl sites for hydroxylation is 2. The fraction of sp³-hybridized carbons (Fsp3) is 0.250. The first-order valence-electron chi connectivity index (χ1n) is 7.08. The number of nitrogens with one attached hydrogen (secondary N) is 1. The number of aromatic nitrogens is 1. The molecule has 126 valence electrons. The standard InChI is InChI=1S/C16H18N4O2S2/c1-11-5-6-14(7-15(11)24(21,22)20(3)4)18-9-13(8-17)16-19-12(2)10-23-16/h5-7,9-10,18H,1-4H3/b13-9+. The molecule has 24 heavy (non-hydrogen) atoms. The van der Waals surface area contributed by atoms with Crippen LogP contribution in [0, 0.1) is 25.2 Å². The lowest BCUT2D eigenvalue weighted by molar-refractivity contribution is 0.520. The zero-order valence-corrected chi connectivity index (χ0v) is 15.5. The predicted octanol–water partition coefficient (Wildman–Crippen LogP) is 2.99. The van der Waals surface area contributed by atoms with Crippen molar-refractivity contribution in [3.63, 3.8) is 0 Å². The van der Waals surface area contributed by atoms with Crippen LogP contribution in [-0.2, 0) is 10.0 Å². The number of benzene rings is 1. The maximum absolute atomic E-state index is 12.3. The molecule has 0 aliphatic carbocycles. The average molecular weight is 362 g/mol. The minimum Gasteiger partial charge on any atom is -0.360 e. The Labute approximate surface area is 146 Å². The van der Waals surface area contributed by atoms with E-state index in [1.807, 2.05) is 12.3 Å². The summed E-state index contributed by atoms with van der Waals surface area (Å²) in [4.78, 5) is 4.50. The van der Waals surface area contributed by atoms with Crippen LogP contribution in [0.3, 0.4) is 0 Å². The van der Waals surface area contributed by atoms with Gasteiger partial charge in [0.1, 0.15) is 16.6 Å². The molecule has 0 atom stereocenters. The lowest BCUT2D eigenvalue weighted by atomic mass is 10.2. The minimum absolute atomic E-state index is 0.231. The van der Waals surface area contributed by atoms with E-state index in [0.717, 1.165) is 5.69 Å². The van der Waals surface area contributed by atoms with Crippen LogP contribution in [0.4, 0.5) is 5.69 Å². The maximum atomic E-state index is 12.3. The highest BCUT2D eigenvalue weighted by molar-refractivity contribution is 7.89. The van der Waals surface area contributed by atoms with E-state index in [9.17, 15) is 13.7 Å². The van der Waals surface area contributed by atoms with Crippen molar-refractivity contribution in [1.82, 2.24) is 9.29 Å². The molecule has 0 spiro atoms. The van der Waals surface area contributed by atoms with Gasteiger partial charge in [-0.2, -0.15) is 5.26 Å². The van der Waals surface area contributed by atoms with Crippen LogP contribution < -0.4 is 5.32 Å². The van der Waals surface area contributed by atoms with Crippen molar-refractivity contribution < 1.29 is 8.42 Å². The van der Waals surface area contributed by atoms with Crippen LogP contribution in [0.25, 0.3) is 5.57 Å². The number of sulfonamides is 1.